The van der Waals surface area contributed by atoms with Gasteiger partial charge in [-0.15, -0.1) is 0 Å². The summed E-state index contributed by atoms with van der Waals surface area (Å²) in [7, 11) is 0. The molecule has 0 radical (unpaired) electrons. The van der Waals surface area contributed by atoms with Crippen molar-refractivity contribution in [3.63, 3.8) is 0 Å². The zero-order valence-corrected chi connectivity index (χ0v) is 4.16. The number of carbonyl (C=O) groups is 1. The maximum Gasteiger partial charge on any atom is 0.333 e. The summed E-state index contributed by atoms with van der Waals surface area (Å²) in [6.45, 7) is 0.329. The van der Waals surface area contributed by atoms with Crippen LogP contribution in [0.3, 0.4) is 0 Å². The van der Waals surface area contributed by atoms with Crippen molar-refractivity contribution in [1.82, 2.24) is 0 Å². The van der Waals surface area contributed by atoms with Gasteiger partial charge in [-0.05, 0) is 6.08 Å². The predicted octanol–water partition coefficient (Wildman–Crippen LogP) is 0.0818. The van der Waals surface area contributed by atoms with Gasteiger partial charge in [0.25, 0.3) is 0 Å². The van der Waals surface area contributed by atoms with Crippen molar-refractivity contribution < 1.29 is 9.90 Å². The molecule has 0 fully saturated rings. The number of aliphatic imine (C=N–C) groups is 1. The molecule has 0 saturated heterocycles. The predicted molar refractivity (Wildman–Crippen MR) is 29.1 cm³/mol. The Morgan fingerprint density at radius 3 is 2.88 bits per heavy atom. The van der Waals surface area contributed by atoms with Crippen LogP contribution in [0.1, 0.15) is 0 Å². The fourth-order valence-corrected chi connectivity index (χ4v) is 0.485. The third-order valence-corrected chi connectivity index (χ3v) is 0.917. The van der Waals surface area contributed by atoms with E-state index in [1.54, 1.807) is 0 Å². The van der Waals surface area contributed by atoms with E-state index in [-0.39, 0.29) is 0 Å². The van der Waals surface area contributed by atoms with Crippen LogP contribution in [-0.2, 0) is 4.79 Å². The van der Waals surface area contributed by atoms with Crippen LogP contribution in [0, 0.1) is 0 Å². The van der Waals surface area contributed by atoms with Crippen molar-refractivity contribution in [2.45, 2.75) is 0 Å². The second-order valence-electron chi connectivity index (χ2n) is 1.49. The van der Waals surface area contributed by atoms with Crippen LogP contribution >= 0.6 is 0 Å². The molecule has 0 saturated carbocycles. The smallest absolute Gasteiger partial charge is 0.333 e. The van der Waals surface area contributed by atoms with E-state index in [0.29, 0.717) is 12.1 Å². The van der Waals surface area contributed by atoms with Crippen LogP contribution in [-0.4, -0.2) is 23.8 Å². The van der Waals surface area contributed by atoms with E-state index in [1.165, 1.54) is 12.3 Å². The molecule has 1 rings (SSSR count). The second-order valence-corrected chi connectivity index (χ2v) is 1.49. The Morgan fingerprint density at radius 2 is 2.62 bits per heavy atom. The van der Waals surface area contributed by atoms with Crippen molar-refractivity contribution in [2.75, 3.05) is 6.54 Å². The lowest BCUT2D eigenvalue weighted by Gasteiger charge is -1.86. The average Bonchev–Trinajstić information content (AvgIpc) is 2.12. The number of rotatable bonds is 1. The highest BCUT2D eigenvalue weighted by molar-refractivity contribution is 5.95. The third kappa shape index (κ3) is 0.753. The second kappa shape index (κ2) is 1.78. The van der Waals surface area contributed by atoms with Gasteiger partial charge >= 0.3 is 5.97 Å². The highest BCUT2D eigenvalue weighted by Gasteiger charge is 2.06. The highest BCUT2D eigenvalue weighted by Crippen LogP contribution is 1.98. The number of aliphatic carboxylic acids is 1. The summed E-state index contributed by atoms with van der Waals surface area (Å²) in [5.74, 6) is -0.873. The number of allylic oxidation sites excluding steroid dienone is 1. The molecule has 1 aliphatic heterocycles. The monoisotopic (exact) mass is 111 g/mol. The molecule has 1 heterocycles. The van der Waals surface area contributed by atoms with Gasteiger partial charge in [0.15, 0.2) is 0 Å². The SMILES string of the molecule is O=C(O)C1=CC=NC1. The lowest BCUT2D eigenvalue weighted by atomic mass is 10.3. The largest absolute Gasteiger partial charge is 0.478 e. The number of hydrogen-bond donors (Lipinski definition) is 1. The quantitative estimate of drug-likeness (QED) is 0.521. The summed E-state index contributed by atoms with van der Waals surface area (Å²) < 4.78 is 0. The van der Waals surface area contributed by atoms with Crippen molar-refractivity contribution in [3.8, 4) is 0 Å². The van der Waals surface area contributed by atoms with Gasteiger partial charge in [-0.25, -0.2) is 4.79 Å². The first kappa shape index (κ1) is 5.03. The van der Waals surface area contributed by atoms with Gasteiger partial charge in [0.2, 0.25) is 0 Å². The zero-order chi connectivity index (χ0) is 5.98. The van der Waals surface area contributed by atoms with Crippen LogP contribution in [0.4, 0.5) is 0 Å². The molecule has 0 bridgehead atoms. The highest BCUT2D eigenvalue weighted by atomic mass is 16.4. The molecule has 3 nitrogen and oxygen atoms in total. The van der Waals surface area contributed by atoms with E-state index in [1.807, 2.05) is 0 Å². The van der Waals surface area contributed by atoms with Gasteiger partial charge in [0, 0.05) is 6.21 Å². The maximum absolute atomic E-state index is 10.1. The minimum Gasteiger partial charge on any atom is -0.478 e. The molecule has 1 N–H and O–H groups in total. The molecule has 8 heavy (non-hydrogen) atoms. The van der Waals surface area contributed by atoms with Crippen molar-refractivity contribution in [1.29, 1.82) is 0 Å². The molecule has 0 aromatic heterocycles. The van der Waals surface area contributed by atoms with Crippen LogP contribution < -0.4 is 0 Å². The van der Waals surface area contributed by atoms with E-state index in [2.05, 4.69) is 4.99 Å². The number of carboxylic acids is 1. The Morgan fingerprint density at radius 1 is 1.88 bits per heavy atom. The van der Waals surface area contributed by atoms with Crippen LogP contribution in [0.15, 0.2) is 16.6 Å². The minimum absolute atomic E-state index is 0.329. The normalized spacial score (nSPS) is 16.2. The molecule has 0 unspecified atom stereocenters. The number of hydrogen-bond acceptors (Lipinski definition) is 2. The summed E-state index contributed by atoms with van der Waals surface area (Å²) in [5, 5.41) is 8.26. The molecule has 3 heteroatoms. The molecule has 0 aromatic rings. The standard InChI is InChI=1S/C5H5NO2/c7-5(8)4-1-2-6-3-4/h1-2H,3H2,(H,7,8). The Kier molecular flexibility index (Phi) is 1.12. The fourth-order valence-electron chi connectivity index (χ4n) is 0.485. The summed E-state index contributed by atoms with van der Waals surface area (Å²) in [6.07, 6.45) is 3.01. The molecular formula is C5H5NO2. The summed E-state index contributed by atoms with van der Waals surface area (Å²) in [4.78, 5) is 13.7. The minimum atomic E-state index is -0.873. The number of carboxylic acid groups (broad SMARTS) is 1. The van der Waals surface area contributed by atoms with Crippen LogP contribution in [0.2, 0.25) is 0 Å². The van der Waals surface area contributed by atoms with E-state index in [9.17, 15) is 4.79 Å². The van der Waals surface area contributed by atoms with Crippen molar-refractivity contribution >= 4 is 12.2 Å². The lowest BCUT2D eigenvalue weighted by molar-refractivity contribution is -0.132. The van der Waals surface area contributed by atoms with E-state index in [4.69, 9.17) is 5.11 Å². The first-order chi connectivity index (χ1) is 3.80. The van der Waals surface area contributed by atoms with E-state index >= 15 is 0 Å². The van der Waals surface area contributed by atoms with Crippen LogP contribution in [0.25, 0.3) is 0 Å². The molecule has 42 valence electrons. The van der Waals surface area contributed by atoms with Gasteiger partial charge in [0.05, 0.1) is 12.1 Å². The Hall–Kier alpha value is -1.12. The molecule has 0 aliphatic carbocycles. The van der Waals surface area contributed by atoms with Gasteiger partial charge < -0.3 is 5.11 Å². The topological polar surface area (TPSA) is 49.7 Å². The summed E-state index contributed by atoms with van der Waals surface area (Å²) in [5.41, 5.74) is 0.366. The molecule has 0 aromatic carbocycles. The van der Waals surface area contributed by atoms with Gasteiger partial charge in [-0.2, -0.15) is 0 Å². The van der Waals surface area contributed by atoms with Gasteiger partial charge in [0.1, 0.15) is 0 Å². The first-order valence-electron chi connectivity index (χ1n) is 2.23. The van der Waals surface area contributed by atoms with Crippen molar-refractivity contribution in [3.05, 3.63) is 11.6 Å². The molecule has 0 amide bonds. The van der Waals surface area contributed by atoms with Gasteiger partial charge in [-0.3, -0.25) is 4.99 Å². The van der Waals surface area contributed by atoms with E-state index < -0.39 is 5.97 Å². The maximum atomic E-state index is 10.1. The van der Waals surface area contributed by atoms with Crippen molar-refractivity contribution in [2.24, 2.45) is 4.99 Å². The Labute approximate surface area is 46.4 Å². The number of nitrogens with zero attached hydrogens (tertiary/aromatic N) is 1. The summed E-state index contributed by atoms with van der Waals surface area (Å²) in [6, 6.07) is 0. The zero-order valence-electron chi connectivity index (χ0n) is 4.16. The lowest BCUT2D eigenvalue weighted by Crippen LogP contribution is -2.00. The molecule has 1 aliphatic rings. The van der Waals surface area contributed by atoms with Crippen LogP contribution in [0.5, 0.6) is 0 Å². The van der Waals surface area contributed by atoms with Gasteiger partial charge in [-0.1, -0.05) is 0 Å². The molecule has 0 atom stereocenters. The van der Waals surface area contributed by atoms with E-state index in [0.717, 1.165) is 0 Å². The third-order valence-electron chi connectivity index (χ3n) is 0.917. The Bertz CT molecular complexity index is 169. The summed E-state index contributed by atoms with van der Waals surface area (Å²) >= 11 is 0. The Balaban J connectivity index is 2.64. The molecule has 0 spiro atoms. The average molecular weight is 111 g/mol. The fraction of sp³-hybridized carbons (Fsp3) is 0.200. The molecular weight excluding hydrogens is 106 g/mol. The first-order valence-corrected chi connectivity index (χ1v) is 2.23.